The molecule has 0 radical (unpaired) electrons. The minimum Gasteiger partial charge on any atom is -0.382 e. The molecule has 0 aromatic carbocycles. The van der Waals surface area contributed by atoms with Gasteiger partial charge in [-0.25, -0.2) is 4.79 Å². The lowest BCUT2D eigenvalue weighted by Crippen LogP contribution is -2.39. The van der Waals surface area contributed by atoms with E-state index in [1.54, 1.807) is 7.05 Å². The molecule has 2 aliphatic rings. The van der Waals surface area contributed by atoms with Crippen LogP contribution in [0, 0.1) is 12.3 Å². The van der Waals surface area contributed by atoms with Crippen molar-refractivity contribution < 1.29 is 9.53 Å². The molecule has 2 N–H and O–H groups in total. The topological polar surface area (TPSA) is 66.5 Å². The van der Waals surface area contributed by atoms with Gasteiger partial charge < -0.3 is 15.4 Å². The maximum Gasteiger partial charge on any atom is 0.314 e. The molecule has 0 unspecified atom stereocenters. The molecular formula is C21H34N4O2. The lowest BCUT2D eigenvalue weighted by atomic mass is 9.80. The second kappa shape index (κ2) is 8.57. The number of rotatable bonds is 9. The van der Waals surface area contributed by atoms with E-state index >= 15 is 0 Å². The minimum atomic E-state index is -0.103. The lowest BCUT2D eigenvalue weighted by Gasteiger charge is -2.33. The van der Waals surface area contributed by atoms with E-state index in [9.17, 15) is 4.79 Å². The van der Waals surface area contributed by atoms with Crippen molar-refractivity contribution in [1.82, 2.24) is 20.5 Å². The summed E-state index contributed by atoms with van der Waals surface area (Å²) in [6, 6.07) is 4.28. The molecule has 1 aliphatic heterocycles. The SMILES string of the molecule is CCOCC[C@]1(CCNC(=O)NC)CCN(C2(c3ccc(C)nc3)CC2)C1. The number of carbonyl (C=O) groups is 1. The number of pyridine rings is 1. The Hall–Kier alpha value is -1.66. The van der Waals surface area contributed by atoms with Crippen LogP contribution in [0.15, 0.2) is 18.3 Å². The predicted octanol–water partition coefficient (Wildman–Crippen LogP) is 2.82. The molecule has 1 aliphatic carbocycles. The van der Waals surface area contributed by atoms with E-state index < -0.39 is 0 Å². The predicted molar refractivity (Wildman–Crippen MR) is 107 cm³/mol. The van der Waals surface area contributed by atoms with Gasteiger partial charge in [0.15, 0.2) is 0 Å². The highest BCUT2D eigenvalue weighted by Gasteiger charge is 2.54. The summed E-state index contributed by atoms with van der Waals surface area (Å²) < 4.78 is 5.68. The van der Waals surface area contributed by atoms with E-state index in [4.69, 9.17) is 4.74 Å². The number of carbonyl (C=O) groups excluding carboxylic acids is 1. The molecule has 6 nitrogen and oxygen atoms in total. The first-order valence-corrected chi connectivity index (χ1v) is 10.3. The molecule has 1 aromatic rings. The van der Waals surface area contributed by atoms with Crippen LogP contribution in [0.5, 0.6) is 0 Å². The Kier molecular flexibility index (Phi) is 6.37. The van der Waals surface area contributed by atoms with Gasteiger partial charge in [0.2, 0.25) is 0 Å². The van der Waals surface area contributed by atoms with E-state index in [0.717, 1.165) is 51.3 Å². The van der Waals surface area contributed by atoms with Crippen LogP contribution in [0.4, 0.5) is 4.79 Å². The second-order valence-corrected chi connectivity index (χ2v) is 8.09. The highest BCUT2D eigenvalue weighted by Crippen LogP contribution is 2.55. The highest BCUT2D eigenvalue weighted by atomic mass is 16.5. The normalized spacial score (nSPS) is 24.0. The van der Waals surface area contributed by atoms with Crippen LogP contribution in [0.1, 0.15) is 50.3 Å². The number of likely N-dealkylation sites (tertiary alicyclic amines) is 1. The van der Waals surface area contributed by atoms with E-state index in [0.29, 0.717) is 6.54 Å². The first-order chi connectivity index (χ1) is 13.0. The second-order valence-electron chi connectivity index (χ2n) is 8.09. The zero-order valence-corrected chi connectivity index (χ0v) is 17.0. The molecule has 2 amide bonds. The fraction of sp³-hybridized carbons (Fsp3) is 0.714. The van der Waals surface area contributed by atoms with Gasteiger partial charge in [-0.1, -0.05) is 6.07 Å². The van der Waals surface area contributed by atoms with Crippen LogP contribution in [0.25, 0.3) is 0 Å². The van der Waals surface area contributed by atoms with E-state index in [-0.39, 0.29) is 17.0 Å². The average Bonchev–Trinajstić information content (AvgIpc) is 3.37. The smallest absolute Gasteiger partial charge is 0.314 e. The summed E-state index contributed by atoms with van der Waals surface area (Å²) in [5.74, 6) is 0. The third kappa shape index (κ3) is 4.61. The minimum absolute atomic E-state index is 0.103. The van der Waals surface area contributed by atoms with Crippen molar-refractivity contribution in [3.05, 3.63) is 29.6 Å². The summed E-state index contributed by atoms with van der Waals surface area (Å²) >= 11 is 0. The molecule has 27 heavy (non-hydrogen) atoms. The summed E-state index contributed by atoms with van der Waals surface area (Å²) in [6.45, 7) is 8.53. The van der Waals surface area contributed by atoms with Crippen molar-refractivity contribution in [1.29, 1.82) is 0 Å². The average molecular weight is 375 g/mol. The number of aryl methyl sites for hydroxylation is 1. The molecule has 6 heteroatoms. The zero-order valence-electron chi connectivity index (χ0n) is 17.0. The fourth-order valence-electron chi connectivity index (χ4n) is 4.45. The fourth-order valence-corrected chi connectivity index (χ4v) is 4.45. The number of nitrogens with one attached hydrogen (secondary N) is 2. The van der Waals surface area contributed by atoms with Crippen LogP contribution in [-0.4, -0.2) is 55.8 Å². The maximum absolute atomic E-state index is 11.5. The summed E-state index contributed by atoms with van der Waals surface area (Å²) in [5, 5.41) is 5.59. The Bertz CT molecular complexity index is 630. The first kappa shape index (κ1) is 20.1. The molecule has 2 fully saturated rings. The summed E-state index contributed by atoms with van der Waals surface area (Å²) in [5.41, 5.74) is 2.83. The van der Waals surface area contributed by atoms with Gasteiger partial charge in [-0.15, -0.1) is 0 Å². The Balaban J connectivity index is 1.67. The molecule has 1 aromatic heterocycles. The van der Waals surface area contributed by atoms with Gasteiger partial charge in [0.1, 0.15) is 0 Å². The molecule has 1 atom stereocenters. The van der Waals surface area contributed by atoms with Crippen molar-refractivity contribution in [3.8, 4) is 0 Å². The molecule has 1 saturated heterocycles. The number of nitrogens with zero attached hydrogens (tertiary/aromatic N) is 2. The monoisotopic (exact) mass is 374 g/mol. The Morgan fingerprint density at radius 3 is 2.74 bits per heavy atom. The number of hydrogen-bond donors (Lipinski definition) is 2. The number of ether oxygens (including phenoxy) is 1. The van der Waals surface area contributed by atoms with Crippen molar-refractivity contribution in [3.63, 3.8) is 0 Å². The van der Waals surface area contributed by atoms with Gasteiger partial charge in [-0.05, 0) is 69.5 Å². The Morgan fingerprint density at radius 2 is 2.11 bits per heavy atom. The van der Waals surface area contributed by atoms with E-state index in [1.165, 1.54) is 18.4 Å². The summed E-state index contributed by atoms with van der Waals surface area (Å²) in [6.07, 6.45) is 7.71. The van der Waals surface area contributed by atoms with Gasteiger partial charge in [0.25, 0.3) is 0 Å². The molecule has 0 bridgehead atoms. The van der Waals surface area contributed by atoms with E-state index in [2.05, 4.69) is 38.8 Å². The van der Waals surface area contributed by atoms with Gasteiger partial charge in [-0.2, -0.15) is 0 Å². The van der Waals surface area contributed by atoms with Gasteiger partial charge in [0.05, 0.1) is 0 Å². The van der Waals surface area contributed by atoms with Crippen LogP contribution in [0.2, 0.25) is 0 Å². The van der Waals surface area contributed by atoms with E-state index in [1.807, 2.05) is 13.8 Å². The number of amides is 2. The Morgan fingerprint density at radius 1 is 1.30 bits per heavy atom. The van der Waals surface area contributed by atoms with Crippen molar-refractivity contribution in [2.75, 3.05) is 39.9 Å². The molecular weight excluding hydrogens is 340 g/mol. The quantitative estimate of drug-likeness (QED) is 0.652. The third-order valence-electron chi connectivity index (χ3n) is 6.36. The van der Waals surface area contributed by atoms with Gasteiger partial charge >= 0.3 is 6.03 Å². The number of aromatic nitrogens is 1. The molecule has 1 saturated carbocycles. The number of urea groups is 1. The number of hydrogen-bond acceptors (Lipinski definition) is 4. The van der Waals surface area contributed by atoms with Crippen molar-refractivity contribution >= 4 is 6.03 Å². The maximum atomic E-state index is 11.5. The van der Waals surface area contributed by atoms with Crippen molar-refractivity contribution in [2.45, 2.75) is 51.5 Å². The van der Waals surface area contributed by atoms with Gasteiger partial charge in [-0.3, -0.25) is 9.88 Å². The third-order valence-corrected chi connectivity index (χ3v) is 6.36. The summed E-state index contributed by atoms with van der Waals surface area (Å²) in [4.78, 5) is 18.7. The van der Waals surface area contributed by atoms with Gasteiger partial charge in [0, 0.05) is 50.8 Å². The summed E-state index contributed by atoms with van der Waals surface area (Å²) in [7, 11) is 1.66. The van der Waals surface area contributed by atoms with Crippen LogP contribution >= 0.6 is 0 Å². The van der Waals surface area contributed by atoms with Crippen molar-refractivity contribution in [2.24, 2.45) is 5.41 Å². The molecule has 3 rings (SSSR count). The molecule has 0 spiro atoms. The largest absolute Gasteiger partial charge is 0.382 e. The van der Waals surface area contributed by atoms with Crippen LogP contribution in [0.3, 0.4) is 0 Å². The van der Waals surface area contributed by atoms with Crippen LogP contribution in [-0.2, 0) is 10.3 Å². The first-order valence-electron chi connectivity index (χ1n) is 10.3. The van der Waals surface area contributed by atoms with Crippen LogP contribution < -0.4 is 10.6 Å². The standard InChI is InChI=1S/C21H34N4O2/c1-4-27-14-11-20(9-12-23-19(26)22-3)10-13-25(16-20)21(7-8-21)18-6-5-17(2)24-15-18/h5-6,15H,4,7-14,16H2,1-3H3,(H2,22,23,26)/t20-/m0/s1. The molecule has 150 valence electrons. The lowest BCUT2D eigenvalue weighted by molar-refractivity contribution is 0.0935. The Labute approximate surface area is 163 Å². The molecule has 2 heterocycles. The zero-order chi connectivity index (χ0) is 19.3. The highest BCUT2D eigenvalue weighted by molar-refractivity contribution is 5.73.